The quantitative estimate of drug-likeness (QED) is 0.545. The monoisotopic (exact) mass is 493 g/mol. The SMILES string of the molecule is NC(=O)c1c(NC(=O)Cc2cccc(Cl)c2)sc2c1CCN(C(=O)c1ccc3c(c1)N=NC3)C2. The Kier molecular flexibility index (Phi) is 5.89. The lowest BCUT2D eigenvalue weighted by Gasteiger charge is -2.27. The fourth-order valence-corrected chi connectivity index (χ4v) is 5.72. The summed E-state index contributed by atoms with van der Waals surface area (Å²) in [6, 6.07) is 12.5. The molecule has 0 atom stereocenters. The highest BCUT2D eigenvalue weighted by Gasteiger charge is 2.30. The lowest BCUT2D eigenvalue weighted by atomic mass is 10.0. The number of fused-ring (bicyclic) bond motifs is 2. The summed E-state index contributed by atoms with van der Waals surface area (Å²) in [5.41, 5.74) is 9.82. The third kappa shape index (κ3) is 4.32. The van der Waals surface area contributed by atoms with E-state index in [4.69, 9.17) is 17.3 Å². The molecule has 5 rings (SSSR count). The number of halogens is 1. The van der Waals surface area contributed by atoms with E-state index < -0.39 is 5.91 Å². The molecule has 2 aliphatic rings. The van der Waals surface area contributed by atoms with E-state index in [9.17, 15) is 14.4 Å². The third-order valence-corrected chi connectivity index (χ3v) is 7.22. The van der Waals surface area contributed by atoms with Crippen molar-refractivity contribution in [2.24, 2.45) is 16.0 Å². The summed E-state index contributed by atoms with van der Waals surface area (Å²) in [5.74, 6) is -0.987. The molecule has 3 N–H and O–H groups in total. The Labute approximate surface area is 204 Å². The lowest BCUT2D eigenvalue weighted by Crippen LogP contribution is -2.35. The smallest absolute Gasteiger partial charge is 0.254 e. The molecule has 0 saturated carbocycles. The molecule has 10 heteroatoms. The molecule has 0 radical (unpaired) electrons. The fraction of sp³-hybridized carbons (Fsp3) is 0.208. The summed E-state index contributed by atoms with van der Waals surface area (Å²) in [6.07, 6.45) is 0.590. The molecule has 8 nitrogen and oxygen atoms in total. The summed E-state index contributed by atoms with van der Waals surface area (Å²) in [7, 11) is 0. The Balaban J connectivity index is 1.35. The van der Waals surface area contributed by atoms with E-state index in [0.717, 1.165) is 27.3 Å². The maximum atomic E-state index is 13.1. The third-order valence-electron chi connectivity index (χ3n) is 5.85. The van der Waals surface area contributed by atoms with Gasteiger partial charge >= 0.3 is 0 Å². The first-order valence-corrected chi connectivity index (χ1v) is 11.9. The van der Waals surface area contributed by atoms with Crippen molar-refractivity contribution < 1.29 is 14.4 Å². The van der Waals surface area contributed by atoms with Gasteiger partial charge in [0.1, 0.15) is 5.00 Å². The molecule has 0 spiro atoms. The molecule has 0 fully saturated rings. The Hall–Kier alpha value is -3.56. The molecule has 3 amide bonds. The molecule has 172 valence electrons. The van der Waals surface area contributed by atoms with E-state index in [-0.39, 0.29) is 18.2 Å². The molecule has 34 heavy (non-hydrogen) atoms. The predicted molar refractivity (Wildman–Crippen MR) is 130 cm³/mol. The Bertz CT molecular complexity index is 1370. The number of anilines is 1. The number of benzene rings is 2. The molecule has 3 heterocycles. The lowest BCUT2D eigenvalue weighted by molar-refractivity contribution is -0.115. The summed E-state index contributed by atoms with van der Waals surface area (Å²) in [4.78, 5) is 40.6. The minimum atomic E-state index is -0.598. The first kappa shape index (κ1) is 22.2. The van der Waals surface area contributed by atoms with Crippen LogP contribution in [0.4, 0.5) is 10.7 Å². The van der Waals surface area contributed by atoms with Crippen LogP contribution < -0.4 is 11.1 Å². The number of thiophene rings is 1. The van der Waals surface area contributed by atoms with Crippen LogP contribution in [-0.4, -0.2) is 29.2 Å². The maximum absolute atomic E-state index is 13.1. The molecule has 2 aromatic carbocycles. The standard InChI is InChI=1S/C24H20ClN5O3S/c25-16-3-1-2-13(8-16)9-20(31)28-23-21(22(26)32)17-6-7-30(12-19(17)34-23)24(33)14-4-5-15-11-27-29-18(15)10-14/h1-5,8,10H,6-7,9,11-12H2,(H2,26,32)(H,28,31). The van der Waals surface area contributed by atoms with Gasteiger partial charge in [0.05, 0.1) is 30.8 Å². The number of carbonyl (C=O) groups is 3. The summed E-state index contributed by atoms with van der Waals surface area (Å²) in [5, 5.41) is 11.9. The van der Waals surface area contributed by atoms with Gasteiger partial charge in [0, 0.05) is 27.6 Å². The molecule has 0 saturated heterocycles. The van der Waals surface area contributed by atoms with Crippen LogP contribution in [-0.2, 0) is 30.7 Å². The second-order valence-corrected chi connectivity index (χ2v) is 9.69. The summed E-state index contributed by atoms with van der Waals surface area (Å²) in [6.45, 7) is 1.31. The second kappa shape index (κ2) is 9.00. The number of nitrogens with zero attached hydrogens (tertiary/aromatic N) is 3. The molecular weight excluding hydrogens is 474 g/mol. The van der Waals surface area contributed by atoms with E-state index in [1.807, 2.05) is 12.1 Å². The largest absolute Gasteiger partial charge is 0.365 e. The average Bonchev–Trinajstić information content (AvgIpc) is 3.41. The Morgan fingerprint density at radius 1 is 1.18 bits per heavy atom. The molecule has 0 aliphatic carbocycles. The van der Waals surface area contributed by atoms with Crippen LogP contribution in [0.25, 0.3) is 0 Å². The zero-order valence-corrected chi connectivity index (χ0v) is 19.6. The number of nitrogens with one attached hydrogen (secondary N) is 1. The number of primary amides is 1. The first-order chi connectivity index (χ1) is 16.4. The van der Waals surface area contributed by atoms with Crippen LogP contribution in [0.15, 0.2) is 52.7 Å². The molecular formula is C24H20ClN5O3S. The van der Waals surface area contributed by atoms with E-state index >= 15 is 0 Å². The van der Waals surface area contributed by atoms with Gasteiger partial charge in [-0.05, 0) is 41.8 Å². The number of carbonyl (C=O) groups excluding carboxylic acids is 3. The highest BCUT2D eigenvalue weighted by atomic mass is 35.5. The van der Waals surface area contributed by atoms with Crippen molar-refractivity contribution in [1.29, 1.82) is 0 Å². The number of rotatable bonds is 5. The zero-order valence-electron chi connectivity index (χ0n) is 18.0. The Morgan fingerprint density at radius 3 is 2.82 bits per heavy atom. The van der Waals surface area contributed by atoms with Crippen molar-refractivity contribution in [3.63, 3.8) is 0 Å². The van der Waals surface area contributed by atoms with Crippen molar-refractivity contribution in [3.05, 3.63) is 80.2 Å². The molecule has 3 aromatic rings. The summed E-state index contributed by atoms with van der Waals surface area (Å²) < 4.78 is 0. The van der Waals surface area contributed by atoms with Gasteiger partial charge in [0.2, 0.25) is 5.91 Å². The van der Waals surface area contributed by atoms with E-state index in [2.05, 4.69) is 15.5 Å². The highest BCUT2D eigenvalue weighted by molar-refractivity contribution is 7.17. The number of hydrogen-bond acceptors (Lipinski definition) is 6. The van der Waals surface area contributed by atoms with Gasteiger partial charge in [-0.1, -0.05) is 29.8 Å². The van der Waals surface area contributed by atoms with Gasteiger partial charge in [0.15, 0.2) is 0 Å². The highest BCUT2D eigenvalue weighted by Crippen LogP contribution is 2.38. The van der Waals surface area contributed by atoms with Gasteiger partial charge in [-0.15, -0.1) is 11.3 Å². The molecule has 0 unspecified atom stereocenters. The van der Waals surface area contributed by atoms with Crippen LogP contribution in [0.2, 0.25) is 5.02 Å². The minimum absolute atomic E-state index is 0.113. The van der Waals surface area contributed by atoms with Gasteiger partial charge in [-0.2, -0.15) is 10.2 Å². The number of azo groups is 1. The van der Waals surface area contributed by atoms with Crippen LogP contribution in [0, 0.1) is 0 Å². The molecule has 2 aliphatic heterocycles. The molecule has 1 aromatic heterocycles. The normalized spacial score (nSPS) is 14.0. The fourth-order valence-electron chi connectivity index (χ4n) is 4.22. The number of amides is 3. The van der Waals surface area contributed by atoms with Gasteiger partial charge < -0.3 is 16.0 Å². The topological polar surface area (TPSA) is 117 Å². The Morgan fingerprint density at radius 2 is 2.03 bits per heavy atom. The van der Waals surface area contributed by atoms with Crippen molar-refractivity contribution in [2.75, 3.05) is 11.9 Å². The van der Waals surface area contributed by atoms with Gasteiger partial charge in [0.25, 0.3) is 11.8 Å². The van der Waals surface area contributed by atoms with Crippen molar-refractivity contribution in [1.82, 2.24) is 4.90 Å². The zero-order chi connectivity index (χ0) is 23.8. The maximum Gasteiger partial charge on any atom is 0.254 e. The average molecular weight is 494 g/mol. The molecule has 0 bridgehead atoms. The van der Waals surface area contributed by atoms with Crippen molar-refractivity contribution in [2.45, 2.75) is 25.9 Å². The van der Waals surface area contributed by atoms with Crippen LogP contribution in [0.5, 0.6) is 0 Å². The minimum Gasteiger partial charge on any atom is -0.365 e. The van der Waals surface area contributed by atoms with Crippen LogP contribution in [0.1, 0.15) is 42.3 Å². The van der Waals surface area contributed by atoms with E-state index in [1.54, 1.807) is 35.2 Å². The van der Waals surface area contributed by atoms with Gasteiger partial charge in [-0.3, -0.25) is 14.4 Å². The van der Waals surface area contributed by atoms with Crippen LogP contribution >= 0.6 is 22.9 Å². The van der Waals surface area contributed by atoms with Crippen molar-refractivity contribution in [3.8, 4) is 0 Å². The first-order valence-electron chi connectivity index (χ1n) is 10.7. The van der Waals surface area contributed by atoms with E-state index in [1.165, 1.54) is 11.3 Å². The van der Waals surface area contributed by atoms with Gasteiger partial charge in [-0.25, -0.2) is 0 Å². The summed E-state index contributed by atoms with van der Waals surface area (Å²) >= 11 is 7.28. The second-order valence-electron chi connectivity index (χ2n) is 8.15. The number of nitrogens with two attached hydrogens (primary N) is 1. The van der Waals surface area contributed by atoms with E-state index in [0.29, 0.717) is 47.2 Å². The van der Waals surface area contributed by atoms with Crippen molar-refractivity contribution >= 4 is 51.3 Å². The van der Waals surface area contributed by atoms with Crippen LogP contribution in [0.3, 0.4) is 0 Å². The predicted octanol–water partition coefficient (Wildman–Crippen LogP) is 4.48. The number of hydrogen-bond donors (Lipinski definition) is 2.